The molecule has 1 heterocycles. The Morgan fingerprint density at radius 1 is 1.50 bits per heavy atom. The van der Waals surface area contributed by atoms with E-state index in [1.807, 2.05) is 6.07 Å². The summed E-state index contributed by atoms with van der Waals surface area (Å²) in [5.41, 5.74) is 0.570. The molecule has 0 spiro atoms. The molecule has 5 nitrogen and oxygen atoms in total. The summed E-state index contributed by atoms with van der Waals surface area (Å²) in [5, 5.41) is 10.3. The summed E-state index contributed by atoms with van der Waals surface area (Å²) in [6.45, 7) is 1.08. The van der Waals surface area contributed by atoms with Crippen LogP contribution in [0.25, 0.3) is 0 Å². The number of benzene rings is 1. The maximum Gasteiger partial charge on any atom is 0.252 e. The van der Waals surface area contributed by atoms with Gasteiger partial charge in [0.2, 0.25) is 0 Å². The van der Waals surface area contributed by atoms with Crippen LogP contribution in [-0.2, 0) is 6.54 Å². The molecule has 0 aliphatic heterocycles. The van der Waals surface area contributed by atoms with E-state index < -0.39 is 0 Å². The summed E-state index contributed by atoms with van der Waals surface area (Å²) in [4.78, 5) is 12.7. The first kappa shape index (κ1) is 13.1. The van der Waals surface area contributed by atoms with E-state index in [-0.39, 0.29) is 5.91 Å². The van der Waals surface area contributed by atoms with Gasteiger partial charge in [-0.25, -0.2) is 0 Å². The van der Waals surface area contributed by atoms with Crippen LogP contribution in [0.4, 0.5) is 0 Å². The first-order chi connectivity index (χ1) is 8.66. The zero-order valence-electron chi connectivity index (χ0n) is 9.38. The Kier molecular flexibility index (Phi) is 4.38. The fourth-order valence-corrected chi connectivity index (χ4v) is 2.05. The summed E-state index contributed by atoms with van der Waals surface area (Å²) < 4.78 is 2.41. The maximum absolute atomic E-state index is 11.9. The lowest BCUT2D eigenvalue weighted by atomic mass is 10.2. The molecule has 1 aromatic heterocycles. The third-order valence-electron chi connectivity index (χ3n) is 2.29. The molecule has 94 valence electrons. The lowest BCUT2D eigenvalue weighted by molar-refractivity contribution is 0.0951. The van der Waals surface area contributed by atoms with Gasteiger partial charge in [-0.1, -0.05) is 5.21 Å². The van der Waals surface area contributed by atoms with Gasteiger partial charge < -0.3 is 5.32 Å². The van der Waals surface area contributed by atoms with Crippen molar-refractivity contribution in [2.24, 2.45) is 0 Å². The van der Waals surface area contributed by atoms with Crippen LogP contribution in [-0.4, -0.2) is 27.4 Å². The Balaban J connectivity index is 1.93. The first-order valence-electron chi connectivity index (χ1n) is 5.27. The van der Waals surface area contributed by atoms with E-state index in [0.717, 1.165) is 9.37 Å². The summed E-state index contributed by atoms with van der Waals surface area (Å²) in [7, 11) is 0. The molecule has 1 aromatic carbocycles. The molecule has 0 unspecified atom stereocenters. The van der Waals surface area contributed by atoms with Crippen LogP contribution < -0.4 is 5.32 Å². The Morgan fingerprint density at radius 3 is 3.06 bits per heavy atom. The minimum atomic E-state index is -0.141. The minimum absolute atomic E-state index is 0.141. The first-order valence-corrected chi connectivity index (χ1v) is 6.51. The number of aromatic nitrogens is 3. The number of carbonyl (C=O) groups is 1. The third kappa shape index (κ3) is 3.33. The van der Waals surface area contributed by atoms with Crippen LogP contribution in [0.15, 0.2) is 40.0 Å². The molecular weight excluding hydrogens is 316 g/mol. The molecule has 0 saturated carbocycles. The second-order valence-electron chi connectivity index (χ2n) is 3.59. The van der Waals surface area contributed by atoms with Gasteiger partial charge in [-0.2, -0.15) is 0 Å². The van der Waals surface area contributed by atoms with Gasteiger partial charge in [0.25, 0.3) is 5.91 Å². The van der Waals surface area contributed by atoms with Crippen LogP contribution in [0.5, 0.6) is 0 Å². The molecular formula is C11H11BrN4OS. The second kappa shape index (κ2) is 6.01. The number of halogens is 1. The minimum Gasteiger partial charge on any atom is -0.350 e. The van der Waals surface area contributed by atoms with E-state index in [0.29, 0.717) is 18.7 Å². The van der Waals surface area contributed by atoms with Crippen molar-refractivity contribution >= 4 is 34.5 Å². The zero-order valence-corrected chi connectivity index (χ0v) is 11.9. The normalized spacial score (nSPS) is 10.3. The number of carbonyl (C=O) groups excluding carboxylic acids is 1. The van der Waals surface area contributed by atoms with Crippen LogP contribution in [0, 0.1) is 0 Å². The standard InChI is InChI=1S/C11H11BrN4OS/c12-10-2-1-8(18)7-9(10)11(17)13-3-5-16-6-4-14-15-16/h1-2,4,6-7,18H,3,5H2,(H,13,17). The number of rotatable bonds is 4. The van der Waals surface area contributed by atoms with Crippen molar-refractivity contribution in [3.8, 4) is 0 Å². The molecule has 2 rings (SSSR count). The van der Waals surface area contributed by atoms with E-state index in [1.54, 1.807) is 29.2 Å². The van der Waals surface area contributed by atoms with Crippen LogP contribution in [0.2, 0.25) is 0 Å². The van der Waals surface area contributed by atoms with E-state index in [9.17, 15) is 4.79 Å². The summed E-state index contributed by atoms with van der Waals surface area (Å²) in [5.74, 6) is -0.141. The Labute approximate surface area is 118 Å². The number of hydrogen-bond donors (Lipinski definition) is 2. The molecule has 0 radical (unpaired) electrons. The van der Waals surface area contributed by atoms with E-state index >= 15 is 0 Å². The Bertz CT molecular complexity index is 544. The average Bonchev–Trinajstić information content (AvgIpc) is 2.85. The monoisotopic (exact) mass is 326 g/mol. The van der Waals surface area contributed by atoms with Gasteiger partial charge in [-0.3, -0.25) is 9.48 Å². The molecule has 0 aliphatic rings. The highest BCUT2D eigenvalue weighted by Crippen LogP contribution is 2.19. The summed E-state index contributed by atoms with van der Waals surface area (Å²) >= 11 is 7.55. The highest BCUT2D eigenvalue weighted by molar-refractivity contribution is 9.10. The van der Waals surface area contributed by atoms with Crippen LogP contribution in [0.3, 0.4) is 0 Å². The molecule has 0 fully saturated rings. The number of thiol groups is 1. The van der Waals surface area contributed by atoms with Crippen molar-refractivity contribution in [1.29, 1.82) is 0 Å². The van der Waals surface area contributed by atoms with Gasteiger partial charge in [-0.05, 0) is 34.1 Å². The van der Waals surface area contributed by atoms with E-state index in [2.05, 4.69) is 44.2 Å². The van der Waals surface area contributed by atoms with Crippen molar-refractivity contribution < 1.29 is 4.79 Å². The van der Waals surface area contributed by atoms with Gasteiger partial charge in [0, 0.05) is 22.1 Å². The summed E-state index contributed by atoms with van der Waals surface area (Å²) in [6.07, 6.45) is 3.35. The highest BCUT2D eigenvalue weighted by Gasteiger charge is 2.09. The fourth-order valence-electron chi connectivity index (χ4n) is 1.42. The molecule has 1 amide bonds. The number of nitrogens with zero attached hydrogens (tertiary/aromatic N) is 3. The van der Waals surface area contributed by atoms with Gasteiger partial charge >= 0.3 is 0 Å². The van der Waals surface area contributed by atoms with Crippen LogP contribution >= 0.6 is 28.6 Å². The molecule has 0 aliphatic carbocycles. The zero-order chi connectivity index (χ0) is 13.0. The Hall–Kier alpha value is -1.34. The topological polar surface area (TPSA) is 59.8 Å². The maximum atomic E-state index is 11.9. The van der Waals surface area contributed by atoms with Crippen molar-refractivity contribution in [2.75, 3.05) is 6.54 Å². The third-order valence-corrected chi connectivity index (χ3v) is 3.26. The van der Waals surface area contributed by atoms with Gasteiger partial charge in [0.1, 0.15) is 0 Å². The molecule has 0 saturated heterocycles. The number of amides is 1. The van der Waals surface area contributed by atoms with Gasteiger partial charge in [0.15, 0.2) is 0 Å². The van der Waals surface area contributed by atoms with Crippen molar-refractivity contribution in [1.82, 2.24) is 20.3 Å². The predicted molar refractivity (Wildman–Crippen MR) is 73.7 cm³/mol. The molecule has 7 heteroatoms. The lowest BCUT2D eigenvalue weighted by Crippen LogP contribution is -2.27. The van der Waals surface area contributed by atoms with Crippen molar-refractivity contribution in [2.45, 2.75) is 11.4 Å². The second-order valence-corrected chi connectivity index (χ2v) is 4.96. The molecule has 2 aromatic rings. The predicted octanol–water partition coefficient (Wildman–Crippen LogP) is 1.76. The van der Waals surface area contributed by atoms with E-state index in [4.69, 9.17) is 0 Å². The molecule has 18 heavy (non-hydrogen) atoms. The lowest BCUT2D eigenvalue weighted by Gasteiger charge is -2.07. The quantitative estimate of drug-likeness (QED) is 0.842. The highest BCUT2D eigenvalue weighted by atomic mass is 79.9. The average molecular weight is 327 g/mol. The number of nitrogens with one attached hydrogen (secondary N) is 1. The molecule has 1 N–H and O–H groups in total. The van der Waals surface area contributed by atoms with Crippen LogP contribution in [0.1, 0.15) is 10.4 Å². The smallest absolute Gasteiger partial charge is 0.252 e. The number of hydrogen-bond acceptors (Lipinski definition) is 4. The summed E-state index contributed by atoms with van der Waals surface area (Å²) in [6, 6.07) is 5.34. The van der Waals surface area contributed by atoms with Gasteiger partial charge in [0.05, 0.1) is 18.3 Å². The molecule has 0 atom stereocenters. The van der Waals surface area contributed by atoms with Gasteiger partial charge in [-0.15, -0.1) is 17.7 Å². The fraction of sp³-hybridized carbons (Fsp3) is 0.182. The largest absolute Gasteiger partial charge is 0.350 e. The molecule has 0 bridgehead atoms. The van der Waals surface area contributed by atoms with E-state index in [1.165, 1.54) is 0 Å². The van der Waals surface area contributed by atoms with Crippen molar-refractivity contribution in [3.05, 3.63) is 40.6 Å². The van der Waals surface area contributed by atoms with Crippen molar-refractivity contribution in [3.63, 3.8) is 0 Å². The Morgan fingerprint density at radius 2 is 2.33 bits per heavy atom. The SMILES string of the molecule is O=C(NCCn1ccnn1)c1cc(S)ccc1Br.